The first-order valence-corrected chi connectivity index (χ1v) is 12.6. The van der Waals surface area contributed by atoms with Crippen LogP contribution in [0.25, 0.3) is 11.3 Å². The Hall–Kier alpha value is -4.59. The monoisotopic (exact) mass is 573 g/mol. The number of carbonyl (C=O) groups is 1. The van der Waals surface area contributed by atoms with Gasteiger partial charge in [-0.05, 0) is 37.6 Å². The lowest BCUT2D eigenvalue weighted by atomic mass is 10.1. The van der Waals surface area contributed by atoms with Crippen molar-refractivity contribution >= 4 is 23.2 Å². The molecule has 1 aliphatic heterocycles. The lowest BCUT2D eigenvalue weighted by Crippen LogP contribution is -2.42. The highest BCUT2D eigenvalue weighted by Crippen LogP contribution is 2.34. The maximum Gasteiger partial charge on any atom is 0.416 e. The van der Waals surface area contributed by atoms with Gasteiger partial charge in [-0.1, -0.05) is 29.4 Å². The molecule has 11 nitrogen and oxygen atoms in total. The molecule has 14 heteroatoms. The summed E-state index contributed by atoms with van der Waals surface area (Å²) in [6.45, 7) is 6.65. The number of nitrogens with one attached hydrogen (secondary N) is 3. The van der Waals surface area contributed by atoms with Crippen molar-refractivity contribution < 1.29 is 27.6 Å². The number of carbonyl (C=O) groups excluding carboxylic acids is 1. The predicted molar refractivity (Wildman–Crippen MR) is 146 cm³/mol. The maximum absolute atomic E-state index is 13.4. The number of hydrogen-bond acceptors (Lipinski definition) is 9. The van der Waals surface area contributed by atoms with Crippen molar-refractivity contribution in [2.75, 3.05) is 11.1 Å². The Morgan fingerprint density at radius 1 is 1.15 bits per heavy atom. The van der Waals surface area contributed by atoms with E-state index in [2.05, 4.69) is 26.3 Å². The normalized spacial score (nSPS) is 14.6. The summed E-state index contributed by atoms with van der Waals surface area (Å²) in [5, 5.41) is 9.62. The van der Waals surface area contributed by atoms with Crippen LogP contribution in [-0.4, -0.2) is 33.1 Å². The fourth-order valence-electron chi connectivity index (χ4n) is 3.87. The molecule has 5 N–H and O–H groups in total. The Labute approximate surface area is 233 Å². The molecule has 0 atom stereocenters. The highest BCUT2D eigenvalue weighted by atomic mass is 19.4. The molecule has 0 bridgehead atoms. The second-order valence-electron chi connectivity index (χ2n) is 10.1. The molecule has 0 aliphatic carbocycles. The average molecular weight is 574 g/mol. The second kappa shape index (κ2) is 11.5. The summed E-state index contributed by atoms with van der Waals surface area (Å²) in [6, 6.07) is 9.83. The summed E-state index contributed by atoms with van der Waals surface area (Å²) in [6.07, 6.45) is -3.42. The van der Waals surface area contributed by atoms with Gasteiger partial charge in [0.05, 0.1) is 17.5 Å². The third kappa shape index (κ3) is 7.33. The maximum atomic E-state index is 13.4. The summed E-state index contributed by atoms with van der Waals surface area (Å²) in [7, 11) is 0. The Balaban J connectivity index is 1.55. The topological polar surface area (TPSA) is 145 Å². The lowest BCUT2D eigenvalue weighted by Gasteiger charge is -2.27. The molecule has 3 aromatic rings. The first-order valence-electron chi connectivity index (χ1n) is 12.6. The number of hydroxylamine groups is 1. The zero-order valence-corrected chi connectivity index (χ0v) is 22.8. The predicted octanol–water partition coefficient (Wildman–Crippen LogP) is 3.60. The van der Waals surface area contributed by atoms with E-state index < -0.39 is 35.5 Å². The Morgan fingerprint density at radius 3 is 2.46 bits per heavy atom. The molecule has 0 fully saturated rings. The number of oxime groups is 1. The summed E-state index contributed by atoms with van der Waals surface area (Å²) in [5.41, 5.74) is 8.09. The number of benzene rings is 2. The first kappa shape index (κ1) is 29.4. The zero-order chi connectivity index (χ0) is 29.9. The Morgan fingerprint density at radius 2 is 1.85 bits per heavy atom. The number of aromatic nitrogens is 2. The minimum absolute atomic E-state index is 0.00278. The molecule has 1 amide bonds. The number of anilines is 2. The van der Waals surface area contributed by atoms with Crippen molar-refractivity contribution in [2.24, 2.45) is 5.16 Å². The van der Waals surface area contributed by atoms with Gasteiger partial charge in [0.25, 0.3) is 11.3 Å². The molecule has 1 aromatic heterocycles. The van der Waals surface area contributed by atoms with Gasteiger partial charge in [0, 0.05) is 43.2 Å². The van der Waals surface area contributed by atoms with Gasteiger partial charge in [0.2, 0.25) is 5.91 Å². The number of nitrogen functional groups attached to an aromatic ring is 1. The average Bonchev–Trinajstić information content (AvgIpc) is 2.89. The molecule has 0 saturated carbocycles. The number of nitrogens with zero attached hydrogens (tertiary/aromatic N) is 3. The van der Waals surface area contributed by atoms with Crippen molar-refractivity contribution in [2.45, 2.75) is 58.8 Å². The molecular formula is C27H30F3N7O4. The molecule has 41 heavy (non-hydrogen) atoms. The number of hydrogen-bond donors (Lipinski definition) is 4. The largest absolute Gasteiger partial charge is 0.416 e. The Bertz CT molecular complexity index is 1520. The van der Waals surface area contributed by atoms with E-state index in [-0.39, 0.29) is 35.3 Å². The molecule has 218 valence electrons. The summed E-state index contributed by atoms with van der Waals surface area (Å²) >= 11 is 0. The molecule has 1 aliphatic rings. The summed E-state index contributed by atoms with van der Waals surface area (Å²) in [5.74, 6) is -1.10. The van der Waals surface area contributed by atoms with Gasteiger partial charge in [0.1, 0.15) is 6.54 Å². The van der Waals surface area contributed by atoms with E-state index in [1.54, 1.807) is 52.0 Å². The third-order valence-corrected chi connectivity index (χ3v) is 5.83. The fourth-order valence-corrected chi connectivity index (χ4v) is 3.87. The van der Waals surface area contributed by atoms with Crippen LogP contribution in [0.2, 0.25) is 0 Å². The zero-order valence-electron chi connectivity index (χ0n) is 22.8. The van der Waals surface area contributed by atoms with Gasteiger partial charge in [0.15, 0.2) is 11.7 Å². The molecule has 0 spiro atoms. The number of alkyl halides is 3. The number of rotatable bonds is 8. The van der Waals surface area contributed by atoms with E-state index in [0.717, 1.165) is 22.3 Å². The van der Waals surface area contributed by atoms with Crippen LogP contribution < -0.4 is 27.4 Å². The minimum atomic E-state index is -4.66. The molecule has 2 aromatic carbocycles. The van der Waals surface area contributed by atoms with Crippen LogP contribution in [0.15, 0.2) is 58.6 Å². The summed E-state index contributed by atoms with van der Waals surface area (Å²) < 4.78 is 41.4. The molecule has 0 radical (unpaired) electrons. The summed E-state index contributed by atoms with van der Waals surface area (Å²) in [4.78, 5) is 40.9. The van der Waals surface area contributed by atoms with Crippen molar-refractivity contribution in [1.82, 2.24) is 20.3 Å². The smallest absolute Gasteiger partial charge is 0.399 e. The standard InChI is InChI=1S/C27H30F3N7O4/c1-15(2)34-24-25(39)37(21(13-33-24)18-9-19(27(28,29)30)11-20(31)10-18)14-22(38)32-12-16-5-7-17(8-6-16)23-35-40-26(3,4)41-36-23/h5-11,13,15H,12,14,31H2,1-4H3,(H,32,38)(H,33,34)(H,35,36). The van der Waals surface area contributed by atoms with Crippen LogP contribution in [0.3, 0.4) is 0 Å². The number of amidine groups is 1. The third-order valence-electron chi connectivity index (χ3n) is 5.83. The van der Waals surface area contributed by atoms with Gasteiger partial charge in [-0.3, -0.25) is 14.2 Å². The van der Waals surface area contributed by atoms with Gasteiger partial charge >= 0.3 is 6.18 Å². The fraction of sp³-hybridized carbons (Fsp3) is 0.333. The highest BCUT2D eigenvalue weighted by molar-refractivity contribution is 5.97. The molecule has 0 unspecified atom stereocenters. The van der Waals surface area contributed by atoms with Crippen molar-refractivity contribution in [3.8, 4) is 11.3 Å². The van der Waals surface area contributed by atoms with Crippen LogP contribution in [0.4, 0.5) is 24.7 Å². The highest BCUT2D eigenvalue weighted by Gasteiger charge is 2.31. The van der Waals surface area contributed by atoms with Crippen LogP contribution in [0.1, 0.15) is 44.4 Å². The van der Waals surface area contributed by atoms with Gasteiger partial charge in [-0.2, -0.15) is 13.2 Å². The van der Waals surface area contributed by atoms with Crippen LogP contribution in [-0.2, 0) is 33.7 Å². The van der Waals surface area contributed by atoms with Gasteiger partial charge in [-0.25, -0.2) is 15.3 Å². The molecular weight excluding hydrogens is 543 g/mol. The molecule has 4 rings (SSSR count). The number of amides is 1. The van der Waals surface area contributed by atoms with Gasteiger partial charge in [-0.15, -0.1) is 0 Å². The van der Waals surface area contributed by atoms with E-state index in [1.807, 2.05) is 0 Å². The second-order valence-corrected chi connectivity index (χ2v) is 10.1. The number of halogens is 3. The Kier molecular flexibility index (Phi) is 8.24. The van der Waals surface area contributed by atoms with Crippen LogP contribution in [0, 0.1) is 0 Å². The molecule has 0 saturated heterocycles. The van der Waals surface area contributed by atoms with E-state index in [4.69, 9.17) is 15.4 Å². The first-order chi connectivity index (χ1) is 19.2. The van der Waals surface area contributed by atoms with Crippen LogP contribution >= 0.6 is 0 Å². The van der Waals surface area contributed by atoms with Crippen molar-refractivity contribution in [3.63, 3.8) is 0 Å². The quantitative estimate of drug-likeness (QED) is 0.299. The van der Waals surface area contributed by atoms with Crippen LogP contribution in [0.5, 0.6) is 0 Å². The van der Waals surface area contributed by atoms with E-state index in [1.165, 1.54) is 12.3 Å². The van der Waals surface area contributed by atoms with Crippen molar-refractivity contribution in [1.29, 1.82) is 0 Å². The van der Waals surface area contributed by atoms with E-state index in [0.29, 0.717) is 11.4 Å². The molecule has 2 heterocycles. The SMILES string of the molecule is CC(C)Nc1ncc(-c2cc(N)cc(C(F)(F)F)c2)n(CC(=O)NCc2ccc(C3=NOC(C)(C)ON3)cc2)c1=O. The van der Waals surface area contributed by atoms with Gasteiger partial charge < -0.3 is 21.2 Å². The number of nitrogens with two attached hydrogens (primary N) is 1. The minimum Gasteiger partial charge on any atom is -0.399 e. The lowest BCUT2D eigenvalue weighted by molar-refractivity contribution is -0.248. The van der Waals surface area contributed by atoms with E-state index >= 15 is 0 Å². The van der Waals surface area contributed by atoms with Crippen molar-refractivity contribution in [3.05, 3.63) is 75.7 Å². The van der Waals surface area contributed by atoms with E-state index in [9.17, 15) is 22.8 Å².